The molecule has 6 heteroatoms. The molecule has 1 heterocycles. The third-order valence-electron chi connectivity index (χ3n) is 2.43. The number of aromatic nitrogens is 2. The van der Waals surface area contributed by atoms with Gasteiger partial charge in [-0.05, 0) is 32.0 Å². The Morgan fingerprint density at radius 3 is 2.74 bits per heavy atom. The molecular formula is C13H14N2O4. The van der Waals surface area contributed by atoms with E-state index in [0.717, 1.165) is 0 Å². The molecule has 1 aromatic heterocycles. The van der Waals surface area contributed by atoms with E-state index in [0.29, 0.717) is 17.0 Å². The van der Waals surface area contributed by atoms with Crippen LogP contribution in [0.5, 0.6) is 11.5 Å². The van der Waals surface area contributed by atoms with E-state index < -0.39 is 5.97 Å². The molecule has 100 valence electrons. The van der Waals surface area contributed by atoms with Crippen molar-refractivity contribution >= 4 is 5.97 Å². The Kier molecular flexibility index (Phi) is 3.41. The van der Waals surface area contributed by atoms with E-state index in [-0.39, 0.29) is 17.5 Å². The number of aromatic hydroxyl groups is 1. The van der Waals surface area contributed by atoms with Gasteiger partial charge in [0.25, 0.3) is 0 Å². The highest BCUT2D eigenvalue weighted by molar-refractivity contribution is 5.87. The summed E-state index contributed by atoms with van der Waals surface area (Å²) in [5.74, 6) is -0.666. The zero-order valence-corrected chi connectivity index (χ0v) is 10.5. The van der Waals surface area contributed by atoms with Gasteiger partial charge in [-0.3, -0.25) is 5.10 Å². The molecule has 0 radical (unpaired) electrons. The second-order valence-electron chi connectivity index (χ2n) is 4.29. The minimum Gasteiger partial charge on any atom is -0.507 e. The Bertz CT molecular complexity index is 604. The Labute approximate surface area is 109 Å². The Hall–Kier alpha value is -2.50. The van der Waals surface area contributed by atoms with Crippen LogP contribution in [0.4, 0.5) is 0 Å². The Balaban J connectivity index is 2.50. The van der Waals surface area contributed by atoms with Crippen LogP contribution in [0.3, 0.4) is 0 Å². The van der Waals surface area contributed by atoms with E-state index in [2.05, 4.69) is 10.2 Å². The van der Waals surface area contributed by atoms with Gasteiger partial charge >= 0.3 is 5.97 Å². The maximum atomic E-state index is 10.8. The van der Waals surface area contributed by atoms with E-state index in [1.807, 2.05) is 13.8 Å². The van der Waals surface area contributed by atoms with Crippen molar-refractivity contribution in [3.63, 3.8) is 0 Å². The standard InChI is InChI=1S/C13H14N2O4/c1-7(2)19-11-5-3-4-10(16)12(11)8-6-9(13(17)18)15-14-8/h3-7,16H,1-2H3,(H,14,15)(H,17,18). The summed E-state index contributed by atoms with van der Waals surface area (Å²) in [6.07, 6.45) is -0.0709. The number of rotatable bonds is 4. The van der Waals surface area contributed by atoms with Crippen LogP contribution in [0, 0.1) is 0 Å². The molecule has 19 heavy (non-hydrogen) atoms. The van der Waals surface area contributed by atoms with Crippen LogP contribution in [0.2, 0.25) is 0 Å². The lowest BCUT2D eigenvalue weighted by molar-refractivity contribution is 0.0690. The molecule has 0 saturated carbocycles. The number of ether oxygens (including phenoxy) is 1. The maximum Gasteiger partial charge on any atom is 0.353 e. The van der Waals surface area contributed by atoms with Crippen LogP contribution in [-0.4, -0.2) is 32.5 Å². The average Bonchev–Trinajstić information content (AvgIpc) is 2.77. The number of phenolic OH excluding ortho intramolecular Hbond substituents is 1. The minimum absolute atomic E-state index is 0.0124. The first kappa shape index (κ1) is 12.9. The number of carboxylic acid groups (broad SMARTS) is 1. The summed E-state index contributed by atoms with van der Waals surface area (Å²) in [7, 11) is 0. The third kappa shape index (κ3) is 2.67. The van der Waals surface area contributed by atoms with Crippen LogP contribution < -0.4 is 4.74 Å². The first-order chi connectivity index (χ1) is 8.99. The highest BCUT2D eigenvalue weighted by atomic mass is 16.5. The van der Waals surface area contributed by atoms with Crippen molar-refractivity contribution in [2.24, 2.45) is 0 Å². The van der Waals surface area contributed by atoms with Gasteiger partial charge in [-0.2, -0.15) is 5.10 Å². The number of benzene rings is 1. The van der Waals surface area contributed by atoms with Crippen molar-refractivity contribution in [1.29, 1.82) is 0 Å². The number of hydrogen-bond donors (Lipinski definition) is 3. The molecule has 0 aliphatic heterocycles. The fraction of sp³-hybridized carbons (Fsp3) is 0.231. The second kappa shape index (κ2) is 5.01. The molecule has 0 aliphatic carbocycles. The number of phenols is 1. The van der Waals surface area contributed by atoms with E-state index in [4.69, 9.17) is 9.84 Å². The molecular weight excluding hydrogens is 248 g/mol. The molecule has 1 aromatic carbocycles. The van der Waals surface area contributed by atoms with Gasteiger partial charge < -0.3 is 14.9 Å². The van der Waals surface area contributed by atoms with Gasteiger partial charge in [-0.15, -0.1) is 0 Å². The van der Waals surface area contributed by atoms with Crippen molar-refractivity contribution in [1.82, 2.24) is 10.2 Å². The average molecular weight is 262 g/mol. The van der Waals surface area contributed by atoms with Gasteiger partial charge in [0.2, 0.25) is 0 Å². The fourth-order valence-corrected chi connectivity index (χ4v) is 1.69. The van der Waals surface area contributed by atoms with Crippen molar-refractivity contribution < 1.29 is 19.7 Å². The predicted octanol–water partition coefficient (Wildman–Crippen LogP) is 2.27. The summed E-state index contributed by atoms with van der Waals surface area (Å²) < 4.78 is 5.59. The van der Waals surface area contributed by atoms with Crippen molar-refractivity contribution in [3.8, 4) is 22.8 Å². The molecule has 2 aromatic rings. The van der Waals surface area contributed by atoms with Gasteiger partial charge in [-0.25, -0.2) is 4.79 Å². The molecule has 0 spiro atoms. The summed E-state index contributed by atoms with van der Waals surface area (Å²) in [6.45, 7) is 3.72. The van der Waals surface area contributed by atoms with Crippen LogP contribution in [-0.2, 0) is 0 Å². The van der Waals surface area contributed by atoms with Gasteiger partial charge in [0.05, 0.1) is 11.7 Å². The lowest BCUT2D eigenvalue weighted by Crippen LogP contribution is -2.06. The highest BCUT2D eigenvalue weighted by Gasteiger charge is 2.17. The number of hydrogen-bond acceptors (Lipinski definition) is 4. The molecule has 0 saturated heterocycles. The lowest BCUT2D eigenvalue weighted by atomic mass is 10.1. The topological polar surface area (TPSA) is 95.4 Å². The van der Waals surface area contributed by atoms with E-state index in [9.17, 15) is 9.90 Å². The maximum absolute atomic E-state index is 10.8. The van der Waals surface area contributed by atoms with Gasteiger partial charge in [0, 0.05) is 0 Å². The third-order valence-corrected chi connectivity index (χ3v) is 2.43. The summed E-state index contributed by atoms with van der Waals surface area (Å²) in [6, 6.07) is 6.20. The Morgan fingerprint density at radius 2 is 2.16 bits per heavy atom. The normalized spacial score (nSPS) is 10.7. The zero-order chi connectivity index (χ0) is 14.0. The van der Waals surface area contributed by atoms with Crippen LogP contribution in [0.1, 0.15) is 24.3 Å². The number of carboxylic acids is 1. The summed E-state index contributed by atoms with van der Waals surface area (Å²) in [4.78, 5) is 10.8. The smallest absolute Gasteiger partial charge is 0.353 e. The van der Waals surface area contributed by atoms with Crippen molar-refractivity contribution in [2.75, 3.05) is 0 Å². The number of aromatic amines is 1. The van der Waals surface area contributed by atoms with E-state index in [1.54, 1.807) is 12.1 Å². The van der Waals surface area contributed by atoms with Crippen LogP contribution in [0.15, 0.2) is 24.3 Å². The summed E-state index contributed by atoms with van der Waals surface area (Å²) >= 11 is 0. The quantitative estimate of drug-likeness (QED) is 0.785. The van der Waals surface area contributed by atoms with E-state index >= 15 is 0 Å². The molecule has 0 amide bonds. The van der Waals surface area contributed by atoms with E-state index in [1.165, 1.54) is 12.1 Å². The minimum atomic E-state index is -1.11. The first-order valence-electron chi connectivity index (χ1n) is 5.76. The van der Waals surface area contributed by atoms with Crippen LogP contribution in [0.25, 0.3) is 11.3 Å². The number of aromatic carboxylic acids is 1. The number of H-pyrrole nitrogens is 1. The zero-order valence-electron chi connectivity index (χ0n) is 10.5. The summed E-state index contributed by atoms with van der Waals surface area (Å²) in [5, 5.41) is 25.1. The molecule has 0 unspecified atom stereocenters. The Morgan fingerprint density at radius 1 is 1.42 bits per heavy atom. The fourth-order valence-electron chi connectivity index (χ4n) is 1.69. The molecule has 2 rings (SSSR count). The first-order valence-corrected chi connectivity index (χ1v) is 5.76. The van der Waals surface area contributed by atoms with Crippen LogP contribution >= 0.6 is 0 Å². The molecule has 0 bridgehead atoms. The largest absolute Gasteiger partial charge is 0.507 e. The van der Waals surface area contributed by atoms with Crippen molar-refractivity contribution in [3.05, 3.63) is 30.0 Å². The lowest BCUT2D eigenvalue weighted by Gasteiger charge is -2.13. The molecule has 6 nitrogen and oxygen atoms in total. The molecule has 0 fully saturated rings. The van der Waals surface area contributed by atoms with Crippen molar-refractivity contribution in [2.45, 2.75) is 20.0 Å². The van der Waals surface area contributed by atoms with Gasteiger partial charge in [0.1, 0.15) is 22.9 Å². The number of nitrogens with zero attached hydrogens (tertiary/aromatic N) is 1. The second-order valence-corrected chi connectivity index (χ2v) is 4.29. The van der Waals surface area contributed by atoms with Gasteiger partial charge in [-0.1, -0.05) is 6.07 Å². The molecule has 0 aliphatic rings. The summed E-state index contributed by atoms with van der Waals surface area (Å²) in [5.41, 5.74) is 0.653. The molecule has 0 atom stereocenters. The molecule has 3 N–H and O–H groups in total. The number of carbonyl (C=O) groups is 1. The predicted molar refractivity (Wildman–Crippen MR) is 68.4 cm³/mol. The SMILES string of the molecule is CC(C)Oc1cccc(O)c1-c1cc(C(=O)O)[nH]n1. The monoisotopic (exact) mass is 262 g/mol. The number of nitrogens with one attached hydrogen (secondary N) is 1. The highest BCUT2D eigenvalue weighted by Crippen LogP contribution is 2.37. The van der Waals surface area contributed by atoms with Gasteiger partial charge in [0.15, 0.2) is 0 Å².